The molecule has 0 fully saturated rings. The van der Waals surface area contributed by atoms with Crippen LogP contribution in [0.1, 0.15) is 18.5 Å². The summed E-state index contributed by atoms with van der Waals surface area (Å²) in [6, 6.07) is 13.7. The molecule has 0 bridgehead atoms. The molecule has 26 heavy (non-hydrogen) atoms. The van der Waals surface area contributed by atoms with Crippen LogP contribution in [-0.4, -0.2) is 16.9 Å². The zero-order valence-corrected chi connectivity index (χ0v) is 13.9. The summed E-state index contributed by atoms with van der Waals surface area (Å²) in [6.07, 6.45) is 0. The average molecular weight is 352 g/mol. The van der Waals surface area contributed by atoms with Crippen molar-refractivity contribution in [2.45, 2.75) is 13.0 Å². The van der Waals surface area contributed by atoms with Gasteiger partial charge in [0, 0.05) is 23.5 Å². The molecule has 8 nitrogen and oxygen atoms in total. The Hall–Kier alpha value is -3.68. The molecule has 1 aliphatic rings. The van der Waals surface area contributed by atoms with Gasteiger partial charge in [0.25, 0.3) is 11.6 Å². The summed E-state index contributed by atoms with van der Waals surface area (Å²) < 4.78 is 0. The predicted octanol–water partition coefficient (Wildman–Crippen LogP) is 2.86. The van der Waals surface area contributed by atoms with E-state index < -0.39 is 22.9 Å². The van der Waals surface area contributed by atoms with E-state index in [1.165, 1.54) is 18.2 Å². The number of nitro benzene ring substituents is 1. The molecule has 3 N–H and O–H groups in total. The number of non-ortho nitro benzene ring substituents is 1. The number of rotatable bonds is 4. The van der Waals surface area contributed by atoms with Crippen molar-refractivity contribution in [1.82, 2.24) is 10.6 Å². The number of nitrogens with zero attached hydrogens (tertiary/aromatic N) is 1. The van der Waals surface area contributed by atoms with Gasteiger partial charge in [0.1, 0.15) is 0 Å². The predicted molar refractivity (Wildman–Crippen MR) is 95.3 cm³/mol. The Morgan fingerprint density at radius 1 is 1.15 bits per heavy atom. The van der Waals surface area contributed by atoms with Gasteiger partial charge in [-0.25, -0.2) is 4.79 Å². The molecule has 2 aromatic carbocycles. The lowest BCUT2D eigenvalue weighted by atomic mass is 9.95. The first-order chi connectivity index (χ1) is 12.5. The van der Waals surface area contributed by atoms with Gasteiger partial charge in [0.05, 0.1) is 16.5 Å². The molecule has 2 aromatic rings. The number of amides is 3. The molecule has 1 atom stereocenters. The topological polar surface area (TPSA) is 113 Å². The van der Waals surface area contributed by atoms with Gasteiger partial charge < -0.3 is 16.0 Å². The lowest BCUT2D eigenvalue weighted by Crippen LogP contribution is -2.45. The molecular weight excluding hydrogens is 336 g/mol. The van der Waals surface area contributed by atoms with Crippen molar-refractivity contribution in [1.29, 1.82) is 0 Å². The number of nitro groups is 1. The molecule has 0 saturated carbocycles. The molecule has 132 valence electrons. The fourth-order valence-electron chi connectivity index (χ4n) is 2.79. The second-order valence-corrected chi connectivity index (χ2v) is 5.74. The number of nitrogens with one attached hydrogen (secondary N) is 3. The fourth-order valence-corrected chi connectivity index (χ4v) is 2.79. The van der Waals surface area contributed by atoms with Gasteiger partial charge in [-0.3, -0.25) is 14.9 Å². The maximum Gasteiger partial charge on any atom is 0.319 e. The van der Waals surface area contributed by atoms with E-state index in [1.54, 1.807) is 13.0 Å². The van der Waals surface area contributed by atoms with Crippen LogP contribution in [0, 0.1) is 10.1 Å². The Bertz CT molecular complexity index is 908. The number of hydrogen-bond acceptors (Lipinski definition) is 4. The van der Waals surface area contributed by atoms with Crippen LogP contribution in [0.3, 0.4) is 0 Å². The first kappa shape index (κ1) is 17.2. The summed E-state index contributed by atoms with van der Waals surface area (Å²) in [4.78, 5) is 35.0. The maximum atomic E-state index is 12.8. The number of anilines is 1. The second-order valence-electron chi connectivity index (χ2n) is 5.74. The monoisotopic (exact) mass is 352 g/mol. The van der Waals surface area contributed by atoms with Gasteiger partial charge in [-0.2, -0.15) is 0 Å². The quantitative estimate of drug-likeness (QED) is 0.580. The zero-order chi connectivity index (χ0) is 18.7. The SMILES string of the molecule is CC1=C(C(=O)Nc2cccc([N+](=O)[O-])c2)C(c2ccccc2)NC(=O)N1. The molecule has 1 unspecified atom stereocenters. The van der Waals surface area contributed by atoms with Crippen molar-refractivity contribution in [2.75, 3.05) is 5.32 Å². The van der Waals surface area contributed by atoms with E-state index in [1.807, 2.05) is 30.3 Å². The van der Waals surface area contributed by atoms with E-state index in [-0.39, 0.29) is 5.69 Å². The van der Waals surface area contributed by atoms with Crippen molar-refractivity contribution >= 4 is 23.3 Å². The Morgan fingerprint density at radius 3 is 2.58 bits per heavy atom. The number of hydrogen-bond donors (Lipinski definition) is 3. The molecule has 0 aliphatic carbocycles. The molecule has 0 radical (unpaired) electrons. The lowest BCUT2D eigenvalue weighted by Gasteiger charge is -2.28. The summed E-state index contributed by atoms with van der Waals surface area (Å²) in [6.45, 7) is 1.64. The van der Waals surface area contributed by atoms with Crippen LogP contribution in [0.25, 0.3) is 0 Å². The summed E-state index contributed by atoms with van der Waals surface area (Å²) >= 11 is 0. The third-order valence-corrected chi connectivity index (χ3v) is 3.96. The highest BCUT2D eigenvalue weighted by atomic mass is 16.6. The number of allylic oxidation sites excluding steroid dienone is 1. The Labute approximate surface area is 149 Å². The molecule has 8 heteroatoms. The van der Waals surface area contributed by atoms with Crippen molar-refractivity contribution < 1.29 is 14.5 Å². The molecule has 1 aliphatic heterocycles. The number of urea groups is 1. The third-order valence-electron chi connectivity index (χ3n) is 3.96. The molecule has 3 amide bonds. The van der Waals surface area contributed by atoms with Crippen LogP contribution in [-0.2, 0) is 4.79 Å². The average Bonchev–Trinajstić information content (AvgIpc) is 2.61. The minimum Gasteiger partial charge on any atom is -0.327 e. The van der Waals surface area contributed by atoms with Crippen LogP contribution in [0.4, 0.5) is 16.2 Å². The molecule has 0 spiro atoms. The summed E-state index contributed by atoms with van der Waals surface area (Å²) in [7, 11) is 0. The Balaban J connectivity index is 1.92. The lowest BCUT2D eigenvalue weighted by molar-refractivity contribution is -0.384. The molecule has 1 heterocycles. The molecule has 0 saturated heterocycles. The minimum absolute atomic E-state index is 0.122. The largest absolute Gasteiger partial charge is 0.327 e. The van der Waals surface area contributed by atoms with Crippen molar-refractivity contribution in [3.05, 3.63) is 81.5 Å². The molecular formula is C18H16N4O4. The van der Waals surface area contributed by atoms with Gasteiger partial charge in [0.15, 0.2) is 0 Å². The Morgan fingerprint density at radius 2 is 1.88 bits per heavy atom. The van der Waals surface area contributed by atoms with E-state index in [4.69, 9.17) is 0 Å². The van der Waals surface area contributed by atoms with Gasteiger partial charge in [-0.1, -0.05) is 36.4 Å². The van der Waals surface area contributed by atoms with Crippen LogP contribution < -0.4 is 16.0 Å². The van der Waals surface area contributed by atoms with Crippen LogP contribution in [0.5, 0.6) is 0 Å². The highest BCUT2D eigenvalue weighted by Crippen LogP contribution is 2.28. The van der Waals surface area contributed by atoms with Crippen molar-refractivity contribution in [3.63, 3.8) is 0 Å². The molecule has 3 rings (SSSR count). The second kappa shape index (κ2) is 7.06. The highest BCUT2D eigenvalue weighted by Gasteiger charge is 2.31. The highest BCUT2D eigenvalue weighted by molar-refractivity contribution is 6.06. The van der Waals surface area contributed by atoms with E-state index in [0.717, 1.165) is 5.56 Å². The van der Waals surface area contributed by atoms with Gasteiger partial charge in [0.2, 0.25) is 0 Å². The summed E-state index contributed by atoms with van der Waals surface area (Å²) in [5.41, 5.74) is 1.69. The maximum absolute atomic E-state index is 12.8. The van der Waals surface area contributed by atoms with E-state index in [9.17, 15) is 19.7 Å². The normalized spacial score (nSPS) is 16.5. The van der Waals surface area contributed by atoms with E-state index in [0.29, 0.717) is 17.0 Å². The third kappa shape index (κ3) is 3.54. The number of carbonyl (C=O) groups excluding carboxylic acids is 2. The van der Waals surface area contributed by atoms with Gasteiger partial charge >= 0.3 is 6.03 Å². The summed E-state index contributed by atoms with van der Waals surface area (Å²) in [5.74, 6) is -0.454. The van der Waals surface area contributed by atoms with Crippen LogP contribution >= 0.6 is 0 Å². The molecule has 0 aromatic heterocycles. The summed E-state index contributed by atoms with van der Waals surface area (Å²) in [5, 5.41) is 18.9. The zero-order valence-electron chi connectivity index (χ0n) is 13.9. The van der Waals surface area contributed by atoms with Crippen LogP contribution in [0.15, 0.2) is 65.9 Å². The smallest absolute Gasteiger partial charge is 0.319 e. The van der Waals surface area contributed by atoms with Crippen molar-refractivity contribution in [2.24, 2.45) is 0 Å². The minimum atomic E-state index is -0.622. The number of carbonyl (C=O) groups is 2. The Kier molecular flexibility index (Phi) is 4.66. The van der Waals surface area contributed by atoms with E-state index >= 15 is 0 Å². The fraction of sp³-hybridized carbons (Fsp3) is 0.111. The van der Waals surface area contributed by atoms with Crippen LogP contribution in [0.2, 0.25) is 0 Å². The first-order valence-corrected chi connectivity index (χ1v) is 7.85. The van der Waals surface area contributed by atoms with E-state index in [2.05, 4.69) is 16.0 Å². The van der Waals surface area contributed by atoms with Gasteiger partial charge in [-0.15, -0.1) is 0 Å². The van der Waals surface area contributed by atoms with Gasteiger partial charge in [-0.05, 0) is 18.6 Å². The standard InChI is InChI=1S/C18H16N4O4/c1-11-15(16(21-18(24)19-11)12-6-3-2-4-7-12)17(23)20-13-8-5-9-14(10-13)22(25)26/h2-10,16H,1H3,(H,20,23)(H2,19,21,24). The van der Waals surface area contributed by atoms with Crippen molar-refractivity contribution in [3.8, 4) is 0 Å². The number of benzene rings is 2. The first-order valence-electron chi connectivity index (χ1n) is 7.85.